The maximum Gasteiger partial charge on any atom is 0.224 e. The van der Waals surface area contributed by atoms with Crippen LogP contribution in [0.15, 0.2) is 30.3 Å². The molecule has 3 aliphatic rings. The van der Waals surface area contributed by atoms with E-state index in [1.807, 2.05) is 4.90 Å². The van der Waals surface area contributed by atoms with Crippen molar-refractivity contribution in [3.05, 3.63) is 35.9 Å². The number of benzene rings is 1. The van der Waals surface area contributed by atoms with Crippen molar-refractivity contribution in [1.82, 2.24) is 15.1 Å². The predicted molar refractivity (Wildman–Crippen MR) is 121 cm³/mol. The first-order valence-electron chi connectivity index (χ1n) is 12.1. The van der Waals surface area contributed by atoms with Crippen LogP contribution in [-0.4, -0.2) is 74.1 Å². The Kier molecular flexibility index (Phi) is 7.62. The first kappa shape index (κ1) is 22.3. The molecular formula is C25H37N3O3. The molecule has 1 aromatic carbocycles. The van der Waals surface area contributed by atoms with Gasteiger partial charge in [-0.25, -0.2) is 0 Å². The number of nitrogens with zero attached hydrogens (tertiary/aromatic N) is 2. The van der Waals surface area contributed by atoms with Gasteiger partial charge < -0.3 is 15.0 Å². The SMILES string of the molecule is O=C(NCC1(c2ccccc2)CCCC1)C1CCC(=O)N(CCCN2CCOCC2)C1. The molecule has 6 nitrogen and oxygen atoms in total. The average molecular weight is 428 g/mol. The molecule has 3 fully saturated rings. The molecule has 2 amide bonds. The highest BCUT2D eigenvalue weighted by atomic mass is 16.5. The zero-order chi connectivity index (χ0) is 21.5. The highest BCUT2D eigenvalue weighted by Crippen LogP contribution is 2.40. The van der Waals surface area contributed by atoms with Gasteiger partial charge in [0, 0.05) is 51.1 Å². The van der Waals surface area contributed by atoms with Gasteiger partial charge in [-0.15, -0.1) is 0 Å². The number of morpholine rings is 1. The fourth-order valence-electron chi connectivity index (χ4n) is 5.47. The van der Waals surface area contributed by atoms with Crippen LogP contribution in [0.4, 0.5) is 0 Å². The topological polar surface area (TPSA) is 61.9 Å². The molecule has 0 aromatic heterocycles. The number of likely N-dealkylation sites (tertiary alicyclic amines) is 1. The summed E-state index contributed by atoms with van der Waals surface area (Å²) in [5.74, 6) is 0.228. The fraction of sp³-hybridized carbons (Fsp3) is 0.680. The zero-order valence-corrected chi connectivity index (χ0v) is 18.7. The quantitative estimate of drug-likeness (QED) is 0.693. The standard InChI is InChI=1S/C25H37N3O3/c29-23-10-9-21(19-28(23)14-6-13-27-15-17-31-18-16-27)24(30)26-20-25(11-4-5-12-25)22-7-2-1-3-8-22/h1-3,7-8,21H,4-6,9-20H2,(H,26,30). The summed E-state index contributed by atoms with van der Waals surface area (Å²) in [7, 11) is 0. The summed E-state index contributed by atoms with van der Waals surface area (Å²) in [4.78, 5) is 29.7. The van der Waals surface area contributed by atoms with Gasteiger partial charge in [-0.2, -0.15) is 0 Å². The van der Waals surface area contributed by atoms with Gasteiger partial charge in [0.15, 0.2) is 0 Å². The normalized spacial score (nSPS) is 24.3. The van der Waals surface area contributed by atoms with Crippen molar-refractivity contribution < 1.29 is 14.3 Å². The number of carbonyl (C=O) groups excluding carboxylic acids is 2. The summed E-state index contributed by atoms with van der Waals surface area (Å²) in [6.07, 6.45) is 6.82. The van der Waals surface area contributed by atoms with Gasteiger partial charge in [-0.1, -0.05) is 43.2 Å². The second-order valence-corrected chi connectivity index (χ2v) is 9.45. The van der Waals surface area contributed by atoms with Crippen LogP contribution in [0.2, 0.25) is 0 Å². The van der Waals surface area contributed by atoms with E-state index in [9.17, 15) is 9.59 Å². The van der Waals surface area contributed by atoms with Crippen LogP contribution in [0.1, 0.15) is 50.5 Å². The molecule has 6 heteroatoms. The van der Waals surface area contributed by atoms with Gasteiger partial charge in [0.2, 0.25) is 11.8 Å². The summed E-state index contributed by atoms with van der Waals surface area (Å²) in [5, 5.41) is 3.28. The van der Waals surface area contributed by atoms with Crippen LogP contribution in [0.5, 0.6) is 0 Å². The van der Waals surface area contributed by atoms with Gasteiger partial charge in [-0.05, 0) is 31.2 Å². The van der Waals surface area contributed by atoms with Gasteiger partial charge >= 0.3 is 0 Å². The highest BCUT2D eigenvalue weighted by molar-refractivity contribution is 5.83. The van der Waals surface area contributed by atoms with Crippen LogP contribution < -0.4 is 5.32 Å². The minimum absolute atomic E-state index is 0.0687. The molecule has 31 heavy (non-hydrogen) atoms. The number of nitrogens with one attached hydrogen (secondary N) is 1. The lowest BCUT2D eigenvalue weighted by molar-refractivity contribution is -0.138. The Morgan fingerprint density at radius 2 is 1.84 bits per heavy atom. The summed E-state index contributed by atoms with van der Waals surface area (Å²) in [6.45, 7) is 6.55. The van der Waals surface area contributed by atoms with Crippen molar-refractivity contribution in [2.24, 2.45) is 5.92 Å². The molecular weight excluding hydrogens is 390 g/mol. The summed E-state index contributed by atoms with van der Waals surface area (Å²) < 4.78 is 5.40. The van der Waals surface area contributed by atoms with E-state index < -0.39 is 0 Å². The molecule has 2 aliphatic heterocycles. The molecule has 0 bridgehead atoms. The predicted octanol–water partition coefficient (Wildman–Crippen LogP) is 2.58. The number of piperidine rings is 1. The Bertz CT molecular complexity index is 727. The lowest BCUT2D eigenvalue weighted by Gasteiger charge is -2.34. The molecule has 2 heterocycles. The van der Waals surface area contributed by atoms with Crippen molar-refractivity contribution in [1.29, 1.82) is 0 Å². The van der Waals surface area contributed by atoms with Gasteiger partial charge in [0.25, 0.3) is 0 Å². The Morgan fingerprint density at radius 3 is 2.58 bits per heavy atom. The summed E-state index contributed by atoms with van der Waals surface area (Å²) in [6, 6.07) is 10.6. The second-order valence-electron chi connectivity index (χ2n) is 9.45. The molecule has 4 rings (SSSR count). The highest BCUT2D eigenvalue weighted by Gasteiger charge is 2.37. The number of carbonyl (C=O) groups is 2. The Balaban J connectivity index is 1.27. The number of rotatable bonds is 8. The van der Waals surface area contributed by atoms with Crippen molar-refractivity contribution in [2.45, 2.75) is 50.4 Å². The lowest BCUT2D eigenvalue weighted by atomic mass is 9.78. The van der Waals surface area contributed by atoms with Gasteiger partial charge in [0.05, 0.1) is 19.1 Å². The van der Waals surface area contributed by atoms with E-state index in [0.29, 0.717) is 25.9 Å². The molecule has 170 valence electrons. The maximum atomic E-state index is 13.0. The average Bonchev–Trinajstić information content (AvgIpc) is 3.30. The first-order chi connectivity index (χ1) is 15.2. The van der Waals surface area contributed by atoms with Crippen molar-refractivity contribution in [3.8, 4) is 0 Å². The number of amides is 2. The van der Waals surface area contributed by atoms with E-state index in [1.54, 1.807) is 0 Å². The van der Waals surface area contributed by atoms with Gasteiger partial charge in [0.1, 0.15) is 0 Å². The van der Waals surface area contributed by atoms with E-state index in [-0.39, 0.29) is 23.1 Å². The number of ether oxygens (including phenoxy) is 1. The minimum Gasteiger partial charge on any atom is -0.379 e. The van der Waals surface area contributed by atoms with Gasteiger partial charge in [-0.3, -0.25) is 14.5 Å². The fourth-order valence-corrected chi connectivity index (χ4v) is 5.47. The van der Waals surface area contributed by atoms with E-state index in [4.69, 9.17) is 4.74 Å². The van der Waals surface area contributed by atoms with Crippen molar-refractivity contribution >= 4 is 11.8 Å². The van der Waals surface area contributed by atoms with Crippen LogP contribution in [0, 0.1) is 5.92 Å². The smallest absolute Gasteiger partial charge is 0.224 e. The third-order valence-electron chi connectivity index (χ3n) is 7.42. The second kappa shape index (κ2) is 10.6. The zero-order valence-electron chi connectivity index (χ0n) is 18.7. The molecule has 1 aliphatic carbocycles. The van der Waals surface area contributed by atoms with E-state index in [2.05, 4.69) is 40.5 Å². The molecule has 1 N–H and O–H groups in total. The Morgan fingerprint density at radius 1 is 1.10 bits per heavy atom. The molecule has 1 unspecified atom stereocenters. The molecule has 1 saturated carbocycles. The van der Waals surface area contributed by atoms with E-state index in [0.717, 1.165) is 58.7 Å². The third-order valence-corrected chi connectivity index (χ3v) is 7.42. The first-order valence-corrected chi connectivity index (χ1v) is 12.1. The van der Waals surface area contributed by atoms with Crippen LogP contribution >= 0.6 is 0 Å². The van der Waals surface area contributed by atoms with Crippen molar-refractivity contribution in [2.75, 3.05) is 52.5 Å². The molecule has 0 spiro atoms. The third kappa shape index (κ3) is 5.66. The summed E-state index contributed by atoms with van der Waals surface area (Å²) >= 11 is 0. The van der Waals surface area contributed by atoms with Crippen LogP contribution in [0.25, 0.3) is 0 Å². The Labute approximate surface area is 186 Å². The van der Waals surface area contributed by atoms with E-state index in [1.165, 1.54) is 18.4 Å². The monoisotopic (exact) mass is 427 g/mol. The minimum atomic E-state index is -0.0877. The molecule has 1 aromatic rings. The van der Waals surface area contributed by atoms with Crippen LogP contribution in [0.3, 0.4) is 0 Å². The molecule has 2 saturated heterocycles. The summed E-state index contributed by atoms with van der Waals surface area (Å²) in [5.41, 5.74) is 1.41. The lowest BCUT2D eigenvalue weighted by Crippen LogP contribution is -2.48. The largest absolute Gasteiger partial charge is 0.379 e. The Hall–Kier alpha value is -1.92. The number of hydrogen-bond acceptors (Lipinski definition) is 4. The van der Waals surface area contributed by atoms with Crippen molar-refractivity contribution in [3.63, 3.8) is 0 Å². The maximum absolute atomic E-state index is 13.0. The molecule has 0 radical (unpaired) electrons. The molecule has 1 atom stereocenters. The number of hydrogen-bond donors (Lipinski definition) is 1. The van der Waals surface area contributed by atoms with E-state index >= 15 is 0 Å². The van der Waals surface area contributed by atoms with Crippen LogP contribution in [-0.2, 0) is 19.7 Å².